The molecular formula is C17H16N2O2. The summed E-state index contributed by atoms with van der Waals surface area (Å²) in [5.41, 5.74) is 2.25. The number of nitrogens with one attached hydrogen (secondary N) is 1. The summed E-state index contributed by atoms with van der Waals surface area (Å²) in [6.07, 6.45) is 0.404. The van der Waals surface area contributed by atoms with Crippen LogP contribution in [0.3, 0.4) is 0 Å². The van der Waals surface area contributed by atoms with Crippen LogP contribution in [0.2, 0.25) is 0 Å². The summed E-state index contributed by atoms with van der Waals surface area (Å²) >= 11 is 0. The minimum Gasteiger partial charge on any atom is -0.395 e. The first-order valence-electron chi connectivity index (χ1n) is 6.64. The van der Waals surface area contributed by atoms with Gasteiger partial charge in [-0.2, -0.15) is 0 Å². The maximum atomic E-state index is 12.1. The third kappa shape index (κ3) is 4.44. The van der Waals surface area contributed by atoms with Crippen LogP contribution in [0.25, 0.3) is 0 Å². The number of benzene rings is 1. The number of carbonyl (C=O) groups excluding carboxylic acids is 1. The van der Waals surface area contributed by atoms with Crippen LogP contribution < -0.4 is 5.32 Å². The zero-order valence-corrected chi connectivity index (χ0v) is 11.8. The van der Waals surface area contributed by atoms with Crippen molar-refractivity contribution in [2.45, 2.75) is 13.3 Å². The summed E-state index contributed by atoms with van der Waals surface area (Å²) in [6.45, 7) is 1.99. The van der Waals surface area contributed by atoms with Crippen molar-refractivity contribution in [2.24, 2.45) is 0 Å². The number of carbonyl (C=O) groups is 1. The van der Waals surface area contributed by atoms with E-state index in [0.717, 1.165) is 5.56 Å². The van der Waals surface area contributed by atoms with E-state index in [4.69, 9.17) is 5.11 Å². The molecule has 2 aromatic rings. The Bertz CT molecular complexity index is 682. The number of aliphatic hydroxyl groups is 1. The molecule has 0 radical (unpaired) electrons. The Labute approximate surface area is 123 Å². The molecule has 0 aliphatic rings. The van der Waals surface area contributed by atoms with Crippen LogP contribution in [0.5, 0.6) is 0 Å². The number of aryl methyl sites for hydroxylation is 1. The van der Waals surface area contributed by atoms with Gasteiger partial charge in [-0.15, -0.1) is 0 Å². The van der Waals surface area contributed by atoms with E-state index in [2.05, 4.69) is 22.1 Å². The van der Waals surface area contributed by atoms with Crippen LogP contribution in [0.4, 0.5) is 5.82 Å². The predicted molar refractivity (Wildman–Crippen MR) is 82.0 cm³/mol. The number of aromatic nitrogens is 1. The van der Waals surface area contributed by atoms with Gasteiger partial charge in [0.05, 0.1) is 6.61 Å². The molecule has 0 bridgehead atoms. The average Bonchev–Trinajstić information content (AvgIpc) is 2.48. The zero-order valence-electron chi connectivity index (χ0n) is 11.8. The standard InChI is InChI=1S/C17H16N2O2/c1-13-8-10-14(11-9-13)17(21)19-16-7-4-6-15(18-16)5-2-3-12-20/h4,6-11,20H,3,12H2,1H3,(H,18,19,21). The van der Waals surface area contributed by atoms with Gasteiger partial charge in [-0.1, -0.05) is 29.7 Å². The second-order valence-corrected chi connectivity index (χ2v) is 4.50. The Hall–Kier alpha value is -2.64. The molecule has 0 saturated carbocycles. The fourth-order valence-electron chi connectivity index (χ4n) is 1.68. The van der Waals surface area contributed by atoms with Crippen molar-refractivity contribution in [1.29, 1.82) is 0 Å². The first-order valence-corrected chi connectivity index (χ1v) is 6.64. The lowest BCUT2D eigenvalue weighted by Crippen LogP contribution is -2.13. The molecule has 1 aromatic heterocycles. The van der Waals surface area contributed by atoms with Gasteiger partial charge in [0.25, 0.3) is 5.91 Å². The van der Waals surface area contributed by atoms with Crippen molar-refractivity contribution in [2.75, 3.05) is 11.9 Å². The molecule has 0 atom stereocenters. The van der Waals surface area contributed by atoms with E-state index in [1.165, 1.54) is 0 Å². The summed E-state index contributed by atoms with van der Waals surface area (Å²) in [7, 11) is 0. The number of aliphatic hydroxyl groups excluding tert-OH is 1. The molecule has 21 heavy (non-hydrogen) atoms. The minimum absolute atomic E-state index is 0.0247. The number of hydrogen-bond acceptors (Lipinski definition) is 3. The first kappa shape index (κ1) is 14.8. The summed E-state index contributed by atoms with van der Waals surface area (Å²) in [6, 6.07) is 12.6. The van der Waals surface area contributed by atoms with Gasteiger partial charge in [0.2, 0.25) is 0 Å². The number of nitrogens with zero attached hydrogens (tertiary/aromatic N) is 1. The molecule has 1 heterocycles. The molecule has 2 rings (SSSR count). The van der Waals surface area contributed by atoms with Crippen LogP contribution in [0.15, 0.2) is 42.5 Å². The summed E-state index contributed by atoms with van der Waals surface area (Å²) < 4.78 is 0. The van der Waals surface area contributed by atoms with Crippen molar-refractivity contribution >= 4 is 11.7 Å². The van der Waals surface area contributed by atoms with Crippen molar-refractivity contribution in [3.05, 3.63) is 59.3 Å². The molecule has 0 saturated heterocycles. The molecule has 1 aromatic carbocycles. The Morgan fingerprint density at radius 3 is 2.71 bits per heavy atom. The highest BCUT2D eigenvalue weighted by Crippen LogP contribution is 2.08. The molecule has 4 nitrogen and oxygen atoms in total. The van der Waals surface area contributed by atoms with Crippen molar-refractivity contribution in [3.8, 4) is 11.8 Å². The SMILES string of the molecule is Cc1ccc(C(=O)Nc2cccc(C#CCCO)n2)cc1. The van der Waals surface area contributed by atoms with Crippen molar-refractivity contribution < 1.29 is 9.90 Å². The van der Waals surface area contributed by atoms with E-state index in [1.807, 2.05) is 19.1 Å². The van der Waals surface area contributed by atoms with Gasteiger partial charge in [-0.3, -0.25) is 4.79 Å². The second-order valence-electron chi connectivity index (χ2n) is 4.50. The third-order valence-electron chi connectivity index (χ3n) is 2.76. The zero-order chi connectivity index (χ0) is 15.1. The number of pyridine rings is 1. The lowest BCUT2D eigenvalue weighted by Gasteiger charge is -2.05. The highest BCUT2D eigenvalue weighted by molar-refractivity contribution is 6.03. The fourth-order valence-corrected chi connectivity index (χ4v) is 1.68. The van der Waals surface area contributed by atoms with Crippen LogP contribution >= 0.6 is 0 Å². The quantitative estimate of drug-likeness (QED) is 0.849. The Balaban J connectivity index is 2.09. The van der Waals surface area contributed by atoms with E-state index in [0.29, 0.717) is 23.5 Å². The summed E-state index contributed by atoms with van der Waals surface area (Å²) in [5.74, 6) is 5.88. The van der Waals surface area contributed by atoms with E-state index < -0.39 is 0 Å². The summed E-state index contributed by atoms with van der Waals surface area (Å²) in [5, 5.41) is 11.4. The lowest BCUT2D eigenvalue weighted by molar-refractivity contribution is 0.102. The van der Waals surface area contributed by atoms with Crippen LogP contribution in [0.1, 0.15) is 28.0 Å². The second kappa shape index (κ2) is 7.22. The number of hydrogen-bond donors (Lipinski definition) is 2. The van der Waals surface area contributed by atoms with Gasteiger partial charge >= 0.3 is 0 Å². The first-order chi connectivity index (χ1) is 10.2. The highest BCUT2D eigenvalue weighted by Gasteiger charge is 2.06. The maximum Gasteiger partial charge on any atom is 0.256 e. The molecule has 2 N–H and O–H groups in total. The molecule has 0 aliphatic heterocycles. The average molecular weight is 280 g/mol. The lowest BCUT2D eigenvalue weighted by atomic mass is 10.1. The van der Waals surface area contributed by atoms with Gasteiger partial charge in [0, 0.05) is 12.0 Å². The van der Waals surface area contributed by atoms with E-state index in [-0.39, 0.29) is 12.5 Å². The molecule has 106 valence electrons. The van der Waals surface area contributed by atoms with Gasteiger partial charge in [0.1, 0.15) is 11.5 Å². The molecular weight excluding hydrogens is 264 g/mol. The van der Waals surface area contributed by atoms with E-state index >= 15 is 0 Å². The number of amides is 1. The fraction of sp³-hybridized carbons (Fsp3) is 0.176. The van der Waals surface area contributed by atoms with Crippen molar-refractivity contribution in [1.82, 2.24) is 4.98 Å². The molecule has 4 heteroatoms. The normalized spacial score (nSPS) is 9.62. The Morgan fingerprint density at radius 2 is 2.00 bits per heavy atom. The number of rotatable bonds is 3. The van der Waals surface area contributed by atoms with Gasteiger partial charge in [0.15, 0.2) is 0 Å². The van der Waals surface area contributed by atoms with E-state index in [9.17, 15) is 4.79 Å². The molecule has 0 spiro atoms. The summed E-state index contributed by atoms with van der Waals surface area (Å²) in [4.78, 5) is 16.3. The highest BCUT2D eigenvalue weighted by atomic mass is 16.2. The van der Waals surface area contributed by atoms with Crippen LogP contribution in [0, 0.1) is 18.8 Å². The van der Waals surface area contributed by atoms with Crippen molar-refractivity contribution in [3.63, 3.8) is 0 Å². The van der Waals surface area contributed by atoms with Gasteiger partial charge in [-0.05, 0) is 37.1 Å². The molecule has 0 fully saturated rings. The third-order valence-corrected chi connectivity index (χ3v) is 2.76. The maximum absolute atomic E-state index is 12.1. The smallest absolute Gasteiger partial charge is 0.256 e. The molecule has 1 amide bonds. The largest absolute Gasteiger partial charge is 0.395 e. The molecule has 0 aliphatic carbocycles. The Kier molecular flexibility index (Phi) is 5.08. The van der Waals surface area contributed by atoms with Gasteiger partial charge < -0.3 is 10.4 Å². The van der Waals surface area contributed by atoms with E-state index in [1.54, 1.807) is 30.3 Å². The molecule has 0 unspecified atom stereocenters. The monoisotopic (exact) mass is 280 g/mol. The topological polar surface area (TPSA) is 62.2 Å². The van der Waals surface area contributed by atoms with Gasteiger partial charge in [-0.25, -0.2) is 4.98 Å². The van der Waals surface area contributed by atoms with Crippen LogP contribution in [-0.4, -0.2) is 22.6 Å². The number of anilines is 1. The Morgan fingerprint density at radius 1 is 1.24 bits per heavy atom. The minimum atomic E-state index is -0.206. The van der Waals surface area contributed by atoms with Crippen LogP contribution in [-0.2, 0) is 0 Å². The predicted octanol–water partition coefficient (Wildman–Crippen LogP) is 2.38.